The van der Waals surface area contributed by atoms with Gasteiger partial charge in [-0.2, -0.15) is 15.0 Å². The van der Waals surface area contributed by atoms with E-state index in [1.165, 1.54) is 0 Å². The van der Waals surface area contributed by atoms with Crippen LogP contribution in [-0.4, -0.2) is 32.7 Å². The molecule has 1 unspecified atom stereocenters. The normalized spacial score (nSPS) is 12.0. The second-order valence-corrected chi connectivity index (χ2v) is 5.19. The number of anilines is 3. The van der Waals surface area contributed by atoms with Gasteiger partial charge in [-0.05, 0) is 25.5 Å². The van der Waals surface area contributed by atoms with Crippen molar-refractivity contribution >= 4 is 17.6 Å². The third kappa shape index (κ3) is 4.96. The summed E-state index contributed by atoms with van der Waals surface area (Å²) in [4.78, 5) is 12.9. The molecule has 1 aromatic heterocycles. The van der Waals surface area contributed by atoms with Crippen molar-refractivity contribution in [2.24, 2.45) is 0 Å². The summed E-state index contributed by atoms with van der Waals surface area (Å²) < 4.78 is 0. The van der Waals surface area contributed by atoms with Gasteiger partial charge >= 0.3 is 0 Å². The second kappa shape index (κ2) is 8.29. The van der Waals surface area contributed by atoms with Gasteiger partial charge in [-0.25, -0.2) is 0 Å². The summed E-state index contributed by atoms with van der Waals surface area (Å²) in [6.45, 7) is 4.01. The van der Waals surface area contributed by atoms with Crippen LogP contribution in [0, 0.1) is 6.92 Å². The van der Waals surface area contributed by atoms with Crippen molar-refractivity contribution in [3.63, 3.8) is 0 Å². The number of aliphatic hydroxyl groups excluding tert-OH is 1. The fraction of sp³-hybridized carbons (Fsp3) is 0.438. The van der Waals surface area contributed by atoms with E-state index in [1.54, 1.807) is 0 Å². The molecular weight excluding hydrogens is 278 g/mol. The van der Waals surface area contributed by atoms with Gasteiger partial charge in [0.1, 0.15) is 5.82 Å². The summed E-state index contributed by atoms with van der Waals surface area (Å²) in [5.41, 5.74) is 0.920. The van der Waals surface area contributed by atoms with Crippen LogP contribution in [-0.2, 0) is 0 Å². The lowest BCUT2D eigenvalue weighted by molar-refractivity contribution is 0.266. The lowest BCUT2D eigenvalue weighted by Crippen LogP contribution is -2.25. The lowest BCUT2D eigenvalue weighted by Gasteiger charge is -2.16. The number of hydrogen-bond acceptors (Lipinski definition) is 6. The fourth-order valence-electron chi connectivity index (χ4n) is 2.10. The molecule has 0 radical (unpaired) electrons. The second-order valence-electron chi connectivity index (χ2n) is 5.19. The van der Waals surface area contributed by atoms with Crippen LogP contribution in [0.2, 0.25) is 0 Å². The maximum atomic E-state index is 9.44. The molecule has 1 aromatic carbocycles. The van der Waals surface area contributed by atoms with Gasteiger partial charge in [0.15, 0.2) is 0 Å². The van der Waals surface area contributed by atoms with E-state index in [9.17, 15) is 5.11 Å². The molecule has 0 fully saturated rings. The van der Waals surface area contributed by atoms with E-state index in [-0.39, 0.29) is 12.6 Å². The molecule has 0 saturated heterocycles. The highest BCUT2D eigenvalue weighted by atomic mass is 16.3. The molecule has 0 bridgehead atoms. The van der Waals surface area contributed by atoms with Gasteiger partial charge in [-0.15, -0.1) is 0 Å². The summed E-state index contributed by atoms with van der Waals surface area (Å²) in [5.74, 6) is 1.61. The molecule has 0 aliphatic rings. The number of aryl methyl sites for hydroxylation is 1. The molecule has 6 heteroatoms. The molecule has 118 valence electrons. The number of aliphatic hydroxyl groups is 1. The van der Waals surface area contributed by atoms with Crippen LogP contribution in [0.1, 0.15) is 32.0 Å². The third-order valence-corrected chi connectivity index (χ3v) is 3.24. The molecule has 0 amide bonds. The third-order valence-electron chi connectivity index (χ3n) is 3.24. The Hall–Kier alpha value is -2.21. The molecule has 3 N–H and O–H groups in total. The zero-order valence-electron chi connectivity index (χ0n) is 13.1. The van der Waals surface area contributed by atoms with Crippen molar-refractivity contribution in [2.75, 3.05) is 17.2 Å². The zero-order chi connectivity index (χ0) is 15.8. The highest BCUT2D eigenvalue weighted by Crippen LogP contribution is 2.14. The molecule has 0 aliphatic carbocycles. The van der Waals surface area contributed by atoms with Crippen LogP contribution in [0.25, 0.3) is 0 Å². The van der Waals surface area contributed by atoms with E-state index < -0.39 is 0 Å². The fourth-order valence-corrected chi connectivity index (χ4v) is 2.10. The van der Waals surface area contributed by atoms with Gasteiger partial charge in [0.25, 0.3) is 0 Å². The number of aromatic nitrogens is 3. The van der Waals surface area contributed by atoms with Crippen LogP contribution in [0.15, 0.2) is 30.3 Å². The van der Waals surface area contributed by atoms with Gasteiger partial charge in [0, 0.05) is 5.69 Å². The van der Waals surface area contributed by atoms with E-state index in [4.69, 9.17) is 0 Å². The summed E-state index contributed by atoms with van der Waals surface area (Å²) in [6.07, 6.45) is 3.03. The Morgan fingerprint density at radius 1 is 1.09 bits per heavy atom. The Kier molecular flexibility index (Phi) is 6.09. The first kappa shape index (κ1) is 16.2. The van der Waals surface area contributed by atoms with Gasteiger partial charge < -0.3 is 15.7 Å². The number of hydrogen-bond donors (Lipinski definition) is 3. The smallest absolute Gasteiger partial charge is 0.232 e. The first-order chi connectivity index (χ1) is 10.7. The Labute approximate surface area is 131 Å². The molecule has 0 saturated carbocycles. The van der Waals surface area contributed by atoms with Crippen LogP contribution >= 0.6 is 0 Å². The van der Waals surface area contributed by atoms with Crippen LogP contribution in [0.5, 0.6) is 0 Å². The van der Waals surface area contributed by atoms with E-state index in [2.05, 4.69) is 32.5 Å². The number of nitrogens with zero attached hydrogens (tertiary/aromatic N) is 3. The van der Waals surface area contributed by atoms with Crippen molar-refractivity contribution in [3.8, 4) is 0 Å². The van der Waals surface area contributed by atoms with Crippen molar-refractivity contribution in [3.05, 3.63) is 36.2 Å². The molecule has 2 aromatic rings. The summed E-state index contributed by atoms with van der Waals surface area (Å²) in [7, 11) is 0. The standard InChI is InChI=1S/C16H23N5O/c1-3-4-8-14(11-22)20-16-18-12(2)17-15(21-16)19-13-9-6-5-7-10-13/h5-7,9-10,14,22H,3-4,8,11H2,1-2H3,(H2,17,18,19,20,21). The highest BCUT2D eigenvalue weighted by Gasteiger charge is 2.10. The molecule has 1 atom stereocenters. The van der Waals surface area contributed by atoms with Crippen molar-refractivity contribution in [1.82, 2.24) is 15.0 Å². The monoisotopic (exact) mass is 301 g/mol. The number of nitrogens with one attached hydrogen (secondary N) is 2. The van der Waals surface area contributed by atoms with Crippen molar-refractivity contribution in [1.29, 1.82) is 0 Å². The molecule has 2 rings (SSSR count). The minimum Gasteiger partial charge on any atom is -0.394 e. The predicted molar refractivity (Wildman–Crippen MR) is 88.3 cm³/mol. The minimum atomic E-state index is -0.0358. The largest absolute Gasteiger partial charge is 0.394 e. The quantitative estimate of drug-likeness (QED) is 0.695. The Morgan fingerprint density at radius 3 is 2.50 bits per heavy atom. The SMILES string of the molecule is CCCCC(CO)Nc1nc(C)nc(Nc2ccccc2)n1. The highest BCUT2D eigenvalue weighted by molar-refractivity contribution is 5.53. The van der Waals surface area contributed by atoms with Gasteiger partial charge in [-0.3, -0.25) is 0 Å². The topological polar surface area (TPSA) is 83.0 Å². The molecule has 22 heavy (non-hydrogen) atoms. The van der Waals surface area contributed by atoms with Gasteiger partial charge in [0.2, 0.25) is 11.9 Å². The summed E-state index contributed by atoms with van der Waals surface area (Å²) in [6, 6.07) is 9.71. The van der Waals surface area contributed by atoms with E-state index in [0.29, 0.717) is 17.7 Å². The van der Waals surface area contributed by atoms with Gasteiger partial charge in [-0.1, -0.05) is 38.0 Å². The Morgan fingerprint density at radius 2 is 1.82 bits per heavy atom. The lowest BCUT2D eigenvalue weighted by atomic mass is 10.1. The van der Waals surface area contributed by atoms with Crippen molar-refractivity contribution in [2.45, 2.75) is 39.2 Å². The van der Waals surface area contributed by atoms with Crippen molar-refractivity contribution < 1.29 is 5.11 Å². The van der Waals surface area contributed by atoms with E-state index in [0.717, 1.165) is 24.9 Å². The maximum absolute atomic E-state index is 9.44. The first-order valence-corrected chi connectivity index (χ1v) is 7.63. The predicted octanol–water partition coefficient (Wildman–Crippen LogP) is 2.89. The van der Waals surface area contributed by atoms with Gasteiger partial charge in [0.05, 0.1) is 12.6 Å². The van der Waals surface area contributed by atoms with E-state index >= 15 is 0 Å². The Balaban J connectivity index is 2.09. The molecule has 0 aliphatic heterocycles. The number of rotatable bonds is 8. The summed E-state index contributed by atoms with van der Waals surface area (Å²) in [5, 5.41) is 15.8. The number of para-hydroxylation sites is 1. The van der Waals surface area contributed by atoms with E-state index in [1.807, 2.05) is 37.3 Å². The summed E-state index contributed by atoms with van der Waals surface area (Å²) >= 11 is 0. The zero-order valence-corrected chi connectivity index (χ0v) is 13.1. The average Bonchev–Trinajstić information content (AvgIpc) is 2.52. The molecular formula is C16H23N5O. The Bertz CT molecular complexity index is 576. The first-order valence-electron chi connectivity index (χ1n) is 7.63. The minimum absolute atomic E-state index is 0.0358. The molecule has 0 spiro atoms. The number of unbranched alkanes of at least 4 members (excludes halogenated alkanes) is 1. The molecule has 6 nitrogen and oxygen atoms in total. The van der Waals surface area contributed by atoms with Crippen LogP contribution < -0.4 is 10.6 Å². The van der Waals surface area contributed by atoms with Crippen LogP contribution in [0.4, 0.5) is 17.6 Å². The molecule has 1 heterocycles. The average molecular weight is 301 g/mol. The maximum Gasteiger partial charge on any atom is 0.232 e. The van der Waals surface area contributed by atoms with Crippen LogP contribution in [0.3, 0.4) is 0 Å². The number of benzene rings is 1.